The highest BCUT2D eigenvalue weighted by molar-refractivity contribution is 6.17. The van der Waals surface area contributed by atoms with E-state index in [2.05, 4.69) is 196 Å². The zero-order valence-electron chi connectivity index (χ0n) is 30.9. The Bertz CT molecular complexity index is 3000. The minimum Gasteiger partial charge on any atom is -0.453 e. The Labute approximate surface area is 315 Å². The molecule has 0 spiro atoms. The van der Waals surface area contributed by atoms with Gasteiger partial charge in [0.05, 0.1) is 11.4 Å². The van der Waals surface area contributed by atoms with Crippen molar-refractivity contribution in [3.05, 3.63) is 186 Å². The van der Waals surface area contributed by atoms with Gasteiger partial charge >= 0.3 is 0 Å². The number of furan rings is 1. The molecule has 0 atom stereocenters. The summed E-state index contributed by atoms with van der Waals surface area (Å²) in [6.07, 6.45) is 0. The first-order valence-corrected chi connectivity index (χ1v) is 19.0. The van der Waals surface area contributed by atoms with Gasteiger partial charge in [-0.2, -0.15) is 0 Å². The number of fused-ring (bicyclic) bond motifs is 11. The monoisotopic (exact) mass is 693 g/mol. The molecule has 2 aliphatic rings. The zero-order valence-corrected chi connectivity index (χ0v) is 30.9. The molecular formula is C52H39NO. The van der Waals surface area contributed by atoms with Crippen LogP contribution in [-0.2, 0) is 10.8 Å². The molecule has 0 bridgehead atoms. The van der Waals surface area contributed by atoms with Crippen molar-refractivity contribution in [3.8, 4) is 33.4 Å². The first-order chi connectivity index (χ1) is 26.3. The highest BCUT2D eigenvalue weighted by Gasteiger charge is 2.38. The molecular weight excluding hydrogens is 655 g/mol. The lowest BCUT2D eigenvalue weighted by atomic mass is 9.82. The molecule has 11 rings (SSSR count). The minimum atomic E-state index is -0.123. The normalized spacial score (nSPS) is 14.6. The predicted molar refractivity (Wildman–Crippen MR) is 226 cm³/mol. The zero-order chi connectivity index (χ0) is 36.3. The van der Waals surface area contributed by atoms with E-state index in [-0.39, 0.29) is 10.8 Å². The number of anilines is 3. The van der Waals surface area contributed by atoms with Gasteiger partial charge in [0.15, 0.2) is 5.58 Å². The Kier molecular flexibility index (Phi) is 6.39. The Balaban J connectivity index is 1.12. The maximum atomic E-state index is 6.99. The Morgan fingerprint density at radius 1 is 0.407 bits per heavy atom. The molecule has 0 amide bonds. The summed E-state index contributed by atoms with van der Waals surface area (Å²) >= 11 is 0. The second kappa shape index (κ2) is 11.1. The third-order valence-corrected chi connectivity index (χ3v) is 12.5. The number of benzene rings is 8. The van der Waals surface area contributed by atoms with Gasteiger partial charge in [0.2, 0.25) is 0 Å². The third-order valence-electron chi connectivity index (χ3n) is 12.5. The molecule has 1 heterocycles. The van der Waals surface area contributed by atoms with Crippen molar-refractivity contribution in [2.45, 2.75) is 38.5 Å². The Morgan fingerprint density at radius 2 is 1.00 bits per heavy atom. The predicted octanol–water partition coefficient (Wildman–Crippen LogP) is 14.5. The van der Waals surface area contributed by atoms with Crippen LogP contribution >= 0.6 is 0 Å². The maximum Gasteiger partial charge on any atom is 0.159 e. The lowest BCUT2D eigenvalue weighted by molar-refractivity contribution is 0.660. The lowest BCUT2D eigenvalue weighted by Gasteiger charge is -2.29. The molecule has 0 unspecified atom stereocenters. The summed E-state index contributed by atoms with van der Waals surface area (Å²) in [5.74, 6) is 0. The second-order valence-electron chi connectivity index (χ2n) is 16.1. The molecule has 9 aromatic rings. The van der Waals surface area contributed by atoms with Gasteiger partial charge in [-0.25, -0.2) is 0 Å². The number of hydrogen-bond donors (Lipinski definition) is 0. The van der Waals surface area contributed by atoms with Crippen molar-refractivity contribution < 1.29 is 4.42 Å². The molecule has 8 aromatic carbocycles. The fourth-order valence-electron chi connectivity index (χ4n) is 9.72. The van der Waals surface area contributed by atoms with Crippen molar-refractivity contribution in [1.82, 2.24) is 0 Å². The van der Waals surface area contributed by atoms with Crippen LogP contribution in [0.25, 0.3) is 66.1 Å². The van der Waals surface area contributed by atoms with E-state index in [0.29, 0.717) is 0 Å². The number of rotatable bonds is 4. The lowest BCUT2D eigenvalue weighted by Crippen LogP contribution is -2.16. The van der Waals surface area contributed by atoms with E-state index in [4.69, 9.17) is 4.42 Å². The quantitative estimate of drug-likeness (QED) is 0.182. The summed E-state index contributed by atoms with van der Waals surface area (Å²) in [4.78, 5) is 2.43. The van der Waals surface area contributed by atoms with Crippen LogP contribution in [0.4, 0.5) is 17.1 Å². The van der Waals surface area contributed by atoms with Crippen LogP contribution in [-0.4, -0.2) is 0 Å². The summed E-state index contributed by atoms with van der Waals surface area (Å²) in [7, 11) is 0. The van der Waals surface area contributed by atoms with Crippen LogP contribution in [0.5, 0.6) is 0 Å². The molecule has 0 aliphatic heterocycles. The largest absolute Gasteiger partial charge is 0.453 e. The van der Waals surface area contributed by atoms with Crippen LogP contribution < -0.4 is 4.90 Å². The first-order valence-electron chi connectivity index (χ1n) is 19.0. The van der Waals surface area contributed by atoms with Gasteiger partial charge in [-0.15, -0.1) is 0 Å². The van der Waals surface area contributed by atoms with E-state index in [0.717, 1.165) is 44.4 Å². The number of hydrogen-bond acceptors (Lipinski definition) is 2. The fourth-order valence-corrected chi connectivity index (χ4v) is 9.72. The van der Waals surface area contributed by atoms with Gasteiger partial charge in [0.25, 0.3) is 0 Å². The van der Waals surface area contributed by atoms with E-state index in [9.17, 15) is 0 Å². The average molecular weight is 694 g/mol. The molecule has 2 aliphatic carbocycles. The van der Waals surface area contributed by atoms with Crippen molar-refractivity contribution in [2.24, 2.45) is 0 Å². The summed E-state index contributed by atoms with van der Waals surface area (Å²) in [6.45, 7) is 9.38. The van der Waals surface area contributed by atoms with Gasteiger partial charge in [0.1, 0.15) is 5.58 Å². The summed E-state index contributed by atoms with van der Waals surface area (Å²) in [5.41, 5.74) is 18.1. The topological polar surface area (TPSA) is 16.4 Å². The van der Waals surface area contributed by atoms with Gasteiger partial charge in [0, 0.05) is 38.2 Å². The fraction of sp³-hybridized carbons (Fsp3) is 0.115. The molecule has 0 radical (unpaired) electrons. The van der Waals surface area contributed by atoms with E-state index >= 15 is 0 Å². The molecule has 2 heteroatoms. The second-order valence-corrected chi connectivity index (χ2v) is 16.1. The standard InChI is InChI=1S/C52H39NO/c1-51(2)42-18-9-7-15-37(42)41-31-34(26-30-44(41)51)32-23-27-35(28-24-32)53(46-21-12-20-45-48(46)40-16-8-10-19-43(40)52(45,3)4)47-22-11-17-38-39-29-25-33-13-5-6-14-36(33)49(39)54-50(38)47/h5-31H,1-4H3. The van der Waals surface area contributed by atoms with Crippen LogP contribution in [0, 0.1) is 0 Å². The molecule has 0 fully saturated rings. The van der Waals surface area contributed by atoms with Crippen LogP contribution in [0.2, 0.25) is 0 Å². The average Bonchev–Trinajstić information content (AvgIpc) is 3.79. The molecule has 0 saturated heterocycles. The highest BCUT2D eigenvalue weighted by atomic mass is 16.3. The van der Waals surface area contributed by atoms with Gasteiger partial charge < -0.3 is 9.32 Å². The molecule has 0 N–H and O–H groups in total. The van der Waals surface area contributed by atoms with Crippen LogP contribution in [0.1, 0.15) is 49.9 Å². The van der Waals surface area contributed by atoms with Crippen LogP contribution in [0.3, 0.4) is 0 Å². The Hall–Kier alpha value is -6.38. The van der Waals surface area contributed by atoms with Crippen molar-refractivity contribution in [1.29, 1.82) is 0 Å². The molecule has 1 aromatic heterocycles. The van der Waals surface area contributed by atoms with Gasteiger partial charge in [-0.3, -0.25) is 0 Å². The molecule has 54 heavy (non-hydrogen) atoms. The van der Waals surface area contributed by atoms with Crippen molar-refractivity contribution >= 4 is 49.8 Å². The van der Waals surface area contributed by atoms with E-state index < -0.39 is 0 Å². The number of nitrogens with zero attached hydrogens (tertiary/aromatic N) is 1. The van der Waals surface area contributed by atoms with Crippen molar-refractivity contribution in [2.75, 3.05) is 4.90 Å². The molecule has 258 valence electrons. The first kappa shape index (κ1) is 31.2. The maximum absolute atomic E-state index is 6.99. The minimum absolute atomic E-state index is 0.0120. The molecule has 0 saturated carbocycles. The Morgan fingerprint density at radius 3 is 1.83 bits per heavy atom. The summed E-state index contributed by atoms with van der Waals surface area (Å²) < 4.78 is 6.99. The van der Waals surface area contributed by atoms with Gasteiger partial charge in [-0.1, -0.05) is 155 Å². The third kappa shape index (κ3) is 4.23. The SMILES string of the molecule is CC1(C)c2ccccc2-c2cc(-c3ccc(N(c4cccc5c4-c4ccccc4C5(C)C)c4cccc5c4oc4c6ccccc6ccc54)cc3)ccc21. The van der Waals surface area contributed by atoms with Gasteiger partial charge in [-0.05, 0) is 91.9 Å². The van der Waals surface area contributed by atoms with Crippen LogP contribution in [0.15, 0.2) is 168 Å². The van der Waals surface area contributed by atoms with Crippen molar-refractivity contribution in [3.63, 3.8) is 0 Å². The molecule has 2 nitrogen and oxygen atoms in total. The van der Waals surface area contributed by atoms with E-state index in [1.54, 1.807) is 0 Å². The highest BCUT2D eigenvalue weighted by Crippen LogP contribution is 2.55. The summed E-state index contributed by atoms with van der Waals surface area (Å²) in [5, 5.41) is 4.55. The van der Waals surface area contributed by atoms with E-state index in [1.165, 1.54) is 61.0 Å². The summed E-state index contributed by atoms with van der Waals surface area (Å²) in [6, 6.07) is 60.2. The number of para-hydroxylation sites is 1. The van der Waals surface area contributed by atoms with E-state index in [1.807, 2.05) is 0 Å². The smallest absolute Gasteiger partial charge is 0.159 e.